The van der Waals surface area contributed by atoms with Gasteiger partial charge in [-0.25, -0.2) is 4.98 Å². The molecule has 1 fully saturated rings. The molecule has 0 radical (unpaired) electrons. The fourth-order valence-electron chi connectivity index (χ4n) is 5.48. The van der Waals surface area contributed by atoms with Crippen molar-refractivity contribution in [3.05, 3.63) is 88.4 Å². The van der Waals surface area contributed by atoms with E-state index >= 15 is 0 Å². The maximum absolute atomic E-state index is 13.1. The van der Waals surface area contributed by atoms with Crippen molar-refractivity contribution in [3.8, 4) is 0 Å². The van der Waals surface area contributed by atoms with Gasteiger partial charge in [-0.3, -0.25) is 4.79 Å². The summed E-state index contributed by atoms with van der Waals surface area (Å²) in [7, 11) is 0. The average molecular weight is 684 g/mol. The number of amides is 1. The molecule has 1 amide bonds. The number of carbonyl (C=O) groups excluding carboxylic acids is 1. The highest BCUT2D eigenvalue weighted by Gasteiger charge is 2.31. The molecule has 6 rings (SSSR count). The van der Waals surface area contributed by atoms with E-state index in [9.17, 15) is 18.0 Å². The van der Waals surface area contributed by atoms with Crippen LogP contribution in [0.2, 0.25) is 0 Å². The largest absolute Gasteiger partial charge is 0.416 e. The number of piperazine rings is 1. The molecular weight excluding hydrogens is 653 g/mol. The number of thioether (sulfide) groups is 1. The van der Waals surface area contributed by atoms with Gasteiger partial charge in [-0.15, -0.1) is 10.2 Å². The highest BCUT2D eigenvalue weighted by molar-refractivity contribution is 9.10. The third-order valence-electron chi connectivity index (χ3n) is 7.80. The Morgan fingerprint density at radius 3 is 2.45 bits per heavy atom. The molecule has 44 heavy (non-hydrogen) atoms. The summed E-state index contributed by atoms with van der Waals surface area (Å²) in [6.07, 6.45) is -2.38. The molecule has 7 nitrogen and oxygen atoms in total. The molecular formula is C32H30BrF3N6OS. The summed E-state index contributed by atoms with van der Waals surface area (Å²) in [4.78, 5) is 21.4. The molecule has 5 aromatic rings. The minimum atomic E-state index is -4.37. The number of fused-ring (bicyclic) bond motifs is 3. The summed E-state index contributed by atoms with van der Waals surface area (Å²) < 4.78 is 42.5. The van der Waals surface area contributed by atoms with Crippen LogP contribution in [0.5, 0.6) is 0 Å². The number of rotatable bonds is 9. The lowest BCUT2D eigenvalue weighted by molar-refractivity contribution is -0.137. The van der Waals surface area contributed by atoms with E-state index in [2.05, 4.69) is 48.9 Å². The Morgan fingerprint density at radius 1 is 0.909 bits per heavy atom. The third kappa shape index (κ3) is 6.86. The van der Waals surface area contributed by atoms with E-state index in [-0.39, 0.29) is 5.91 Å². The average Bonchev–Trinajstić information content (AvgIpc) is 3.34. The molecule has 228 valence electrons. The van der Waals surface area contributed by atoms with Crippen molar-refractivity contribution in [3.63, 3.8) is 0 Å². The number of nitrogens with zero attached hydrogens (tertiary/aromatic N) is 6. The van der Waals surface area contributed by atoms with E-state index in [1.807, 2.05) is 40.1 Å². The van der Waals surface area contributed by atoms with Gasteiger partial charge in [0.1, 0.15) is 5.52 Å². The SMILES string of the molecule is O=C(CCCCSc1nnc2c3ccccc3n(Cc3ccc(Br)cc3)c2n1)N1CCN(c2cccc(C(F)(F)F)c2)CC1. The number of hydrogen-bond donors (Lipinski definition) is 0. The standard InChI is InChI=1S/C32H30BrF3N6OS/c33-24-13-11-22(12-14-24)21-42-27-9-2-1-8-26(27)29-30(42)37-31(39-38-29)44-19-4-3-10-28(43)41-17-15-40(16-18-41)25-7-5-6-23(20-25)32(34,35)36/h1-2,5-9,11-14,20H,3-4,10,15-19,21H2. The summed E-state index contributed by atoms with van der Waals surface area (Å²) in [5.74, 6) is 0.840. The lowest BCUT2D eigenvalue weighted by atomic mass is 10.1. The minimum absolute atomic E-state index is 0.0792. The summed E-state index contributed by atoms with van der Waals surface area (Å²) in [6.45, 7) is 2.67. The molecule has 2 aromatic heterocycles. The number of alkyl halides is 3. The van der Waals surface area contributed by atoms with E-state index in [1.165, 1.54) is 23.9 Å². The van der Waals surface area contributed by atoms with Crippen molar-refractivity contribution in [2.75, 3.05) is 36.8 Å². The normalized spacial score (nSPS) is 14.1. The number of carbonyl (C=O) groups is 1. The van der Waals surface area contributed by atoms with Crippen molar-refractivity contribution in [1.29, 1.82) is 0 Å². The minimum Gasteiger partial charge on any atom is -0.368 e. The third-order valence-corrected chi connectivity index (χ3v) is 9.25. The van der Waals surface area contributed by atoms with Gasteiger partial charge < -0.3 is 14.4 Å². The van der Waals surface area contributed by atoms with Crippen molar-refractivity contribution in [2.24, 2.45) is 0 Å². The predicted molar refractivity (Wildman–Crippen MR) is 171 cm³/mol. The molecule has 0 bridgehead atoms. The van der Waals surface area contributed by atoms with Crippen LogP contribution >= 0.6 is 27.7 Å². The number of para-hydroxylation sites is 1. The Balaban J connectivity index is 1.01. The van der Waals surface area contributed by atoms with Gasteiger partial charge in [0.25, 0.3) is 0 Å². The lowest BCUT2D eigenvalue weighted by Gasteiger charge is -2.36. The van der Waals surface area contributed by atoms with Gasteiger partial charge in [-0.05, 0) is 54.8 Å². The lowest BCUT2D eigenvalue weighted by Crippen LogP contribution is -2.48. The van der Waals surface area contributed by atoms with E-state index in [0.717, 1.165) is 56.8 Å². The topological polar surface area (TPSA) is 67.2 Å². The van der Waals surface area contributed by atoms with E-state index in [1.54, 1.807) is 6.07 Å². The molecule has 12 heteroatoms. The first-order valence-corrected chi connectivity index (χ1v) is 16.2. The van der Waals surface area contributed by atoms with E-state index in [4.69, 9.17) is 4.98 Å². The summed E-state index contributed by atoms with van der Waals surface area (Å²) in [5.41, 5.74) is 3.67. The molecule has 1 aliphatic rings. The first kappa shape index (κ1) is 30.4. The number of halogens is 4. The van der Waals surface area contributed by atoms with Crippen LogP contribution in [0.15, 0.2) is 82.4 Å². The molecule has 0 atom stereocenters. The second kappa shape index (κ2) is 13.2. The molecule has 1 saturated heterocycles. The first-order chi connectivity index (χ1) is 21.3. The Kier molecular flexibility index (Phi) is 9.08. The molecule has 0 spiro atoms. The number of hydrogen-bond acceptors (Lipinski definition) is 6. The van der Waals surface area contributed by atoms with Crippen LogP contribution in [-0.2, 0) is 17.5 Å². The van der Waals surface area contributed by atoms with Gasteiger partial charge in [0.2, 0.25) is 11.1 Å². The van der Waals surface area contributed by atoms with Gasteiger partial charge in [0.15, 0.2) is 5.65 Å². The summed E-state index contributed by atoms with van der Waals surface area (Å²) in [5, 5.41) is 10.5. The Labute approximate surface area is 265 Å². The Bertz CT molecular complexity index is 1770. The van der Waals surface area contributed by atoms with E-state index < -0.39 is 11.7 Å². The second-order valence-electron chi connectivity index (χ2n) is 10.7. The molecule has 0 aliphatic carbocycles. The zero-order valence-electron chi connectivity index (χ0n) is 23.8. The van der Waals surface area contributed by atoms with Crippen molar-refractivity contribution in [2.45, 2.75) is 37.1 Å². The monoisotopic (exact) mass is 682 g/mol. The van der Waals surface area contributed by atoms with Crippen molar-refractivity contribution in [1.82, 2.24) is 24.6 Å². The number of aromatic nitrogens is 4. The van der Waals surface area contributed by atoms with Gasteiger partial charge in [-0.2, -0.15) is 13.2 Å². The van der Waals surface area contributed by atoms with Crippen molar-refractivity contribution >= 4 is 61.4 Å². The van der Waals surface area contributed by atoms with Crippen LogP contribution in [0.3, 0.4) is 0 Å². The second-order valence-corrected chi connectivity index (χ2v) is 12.7. The number of anilines is 1. The number of unbranched alkanes of at least 4 members (excludes halogenated alkanes) is 1. The van der Waals surface area contributed by atoms with Crippen LogP contribution in [0.1, 0.15) is 30.4 Å². The van der Waals surface area contributed by atoms with Crippen molar-refractivity contribution < 1.29 is 18.0 Å². The Hall–Kier alpha value is -3.64. The number of benzene rings is 3. The molecule has 0 unspecified atom stereocenters. The molecule has 3 heterocycles. The maximum Gasteiger partial charge on any atom is 0.416 e. The molecule has 1 aliphatic heterocycles. The van der Waals surface area contributed by atoms with Crippen LogP contribution < -0.4 is 4.90 Å². The molecule has 3 aromatic carbocycles. The fourth-order valence-corrected chi connectivity index (χ4v) is 6.52. The smallest absolute Gasteiger partial charge is 0.368 e. The van der Waals surface area contributed by atoms with Gasteiger partial charge >= 0.3 is 6.18 Å². The van der Waals surface area contributed by atoms with Crippen LogP contribution in [-0.4, -0.2) is 62.5 Å². The molecule has 0 N–H and O–H groups in total. The fraction of sp³-hybridized carbons (Fsp3) is 0.312. The maximum atomic E-state index is 13.1. The van der Waals surface area contributed by atoms with Gasteiger partial charge in [0.05, 0.1) is 11.1 Å². The zero-order chi connectivity index (χ0) is 30.7. The quantitative estimate of drug-likeness (QED) is 0.119. The summed E-state index contributed by atoms with van der Waals surface area (Å²) in [6, 6.07) is 21.7. The molecule has 0 saturated carbocycles. The first-order valence-electron chi connectivity index (χ1n) is 14.5. The van der Waals surface area contributed by atoms with Crippen LogP contribution in [0.4, 0.5) is 18.9 Å². The van der Waals surface area contributed by atoms with Gasteiger partial charge in [-0.1, -0.05) is 64.1 Å². The highest BCUT2D eigenvalue weighted by Crippen LogP contribution is 2.32. The van der Waals surface area contributed by atoms with E-state index in [0.29, 0.717) is 50.0 Å². The van der Waals surface area contributed by atoms with Gasteiger partial charge in [0, 0.05) is 60.4 Å². The summed E-state index contributed by atoms with van der Waals surface area (Å²) >= 11 is 5.03. The highest BCUT2D eigenvalue weighted by atomic mass is 79.9. The Morgan fingerprint density at radius 2 is 1.68 bits per heavy atom. The van der Waals surface area contributed by atoms with Crippen LogP contribution in [0.25, 0.3) is 22.1 Å². The van der Waals surface area contributed by atoms with Crippen LogP contribution in [0, 0.1) is 0 Å². The predicted octanol–water partition coefficient (Wildman–Crippen LogP) is 7.42. The zero-order valence-corrected chi connectivity index (χ0v) is 26.2.